The van der Waals surface area contributed by atoms with Crippen LogP contribution in [0.2, 0.25) is 5.02 Å². The van der Waals surface area contributed by atoms with Gasteiger partial charge in [-0.1, -0.05) is 11.6 Å². The Morgan fingerprint density at radius 3 is 2.74 bits per heavy atom. The number of ether oxygens (including phenoxy) is 1. The Labute approximate surface area is 125 Å². The van der Waals surface area contributed by atoms with Gasteiger partial charge in [-0.15, -0.1) is 0 Å². The van der Waals surface area contributed by atoms with Gasteiger partial charge in [0.15, 0.2) is 5.75 Å². The van der Waals surface area contributed by atoms with Crippen molar-refractivity contribution in [3.63, 3.8) is 0 Å². The van der Waals surface area contributed by atoms with Crippen LogP contribution in [0, 0.1) is 0 Å². The van der Waals surface area contributed by atoms with Crippen LogP contribution >= 0.6 is 27.5 Å². The van der Waals surface area contributed by atoms with Gasteiger partial charge in [0.2, 0.25) is 10.0 Å². The molecule has 0 spiro atoms. The normalized spacial score (nSPS) is 20.7. The van der Waals surface area contributed by atoms with E-state index in [9.17, 15) is 13.5 Å². The van der Waals surface area contributed by atoms with Crippen molar-refractivity contribution in [2.24, 2.45) is 0 Å². The zero-order chi connectivity index (χ0) is 14.2. The van der Waals surface area contributed by atoms with E-state index in [1.165, 1.54) is 17.5 Å². The van der Waals surface area contributed by atoms with E-state index in [4.69, 9.17) is 16.3 Å². The molecule has 1 heterocycles. The molecule has 0 radical (unpaired) electrons. The Bertz CT molecular complexity index is 593. The Morgan fingerprint density at radius 1 is 1.53 bits per heavy atom. The van der Waals surface area contributed by atoms with E-state index in [1.54, 1.807) is 6.07 Å². The van der Waals surface area contributed by atoms with Crippen LogP contribution in [-0.4, -0.2) is 44.1 Å². The van der Waals surface area contributed by atoms with Crippen LogP contribution in [0.25, 0.3) is 0 Å². The van der Waals surface area contributed by atoms with Crippen molar-refractivity contribution in [3.8, 4) is 5.75 Å². The summed E-state index contributed by atoms with van der Waals surface area (Å²) in [6.07, 6.45) is -0.188. The van der Waals surface area contributed by atoms with Crippen molar-refractivity contribution in [2.75, 3.05) is 20.2 Å². The predicted molar refractivity (Wildman–Crippen MR) is 75.1 cm³/mol. The second-order valence-electron chi connectivity index (χ2n) is 4.22. The minimum absolute atomic E-state index is 0.00322. The molecule has 19 heavy (non-hydrogen) atoms. The lowest BCUT2D eigenvalue weighted by Gasteiger charge is -2.18. The summed E-state index contributed by atoms with van der Waals surface area (Å²) in [5.74, 6) is 0.214. The van der Waals surface area contributed by atoms with Gasteiger partial charge in [-0.25, -0.2) is 8.42 Å². The van der Waals surface area contributed by atoms with Crippen LogP contribution in [0.3, 0.4) is 0 Å². The van der Waals surface area contributed by atoms with Crippen molar-refractivity contribution in [3.05, 3.63) is 21.6 Å². The maximum atomic E-state index is 12.5. The number of β-amino-alcohol motifs (C(OH)–C–C–N with tert-alkyl or cyclic N) is 1. The number of methoxy groups -OCH3 is 1. The third kappa shape index (κ3) is 2.90. The topological polar surface area (TPSA) is 66.8 Å². The standard InChI is InChI=1S/C11H13BrClNO4S/c1-18-11-9(12)4-7(13)5-10(11)19(16,17)14-3-2-8(15)6-14/h4-5,8,15H,2-3,6H2,1H3. The maximum Gasteiger partial charge on any atom is 0.246 e. The molecule has 1 aliphatic heterocycles. The van der Waals surface area contributed by atoms with Crippen LogP contribution in [0.15, 0.2) is 21.5 Å². The van der Waals surface area contributed by atoms with E-state index in [0.717, 1.165) is 0 Å². The average Bonchev–Trinajstić information content (AvgIpc) is 2.75. The molecule has 2 rings (SSSR count). The SMILES string of the molecule is COc1c(Br)cc(Cl)cc1S(=O)(=O)N1CCC(O)C1. The lowest BCUT2D eigenvalue weighted by Crippen LogP contribution is -2.30. The molecule has 0 saturated carbocycles. The van der Waals surface area contributed by atoms with Gasteiger partial charge in [-0.3, -0.25) is 0 Å². The van der Waals surface area contributed by atoms with E-state index in [1.807, 2.05) is 0 Å². The number of nitrogens with zero attached hydrogens (tertiary/aromatic N) is 1. The highest BCUT2D eigenvalue weighted by Crippen LogP contribution is 2.37. The minimum Gasteiger partial charge on any atom is -0.494 e. The fraction of sp³-hybridized carbons (Fsp3) is 0.455. The fourth-order valence-electron chi connectivity index (χ4n) is 1.99. The van der Waals surface area contributed by atoms with Crippen LogP contribution in [0.1, 0.15) is 6.42 Å². The number of benzene rings is 1. The molecule has 8 heteroatoms. The second-order valence-corrected chi connectivity index (χ2v) is 7.42. The molecule has 1 aliphatic rings. The second kappa shape index (κ2) is 5.57. The Hall–Kier alpha value is -0.340. The summed E-state index contributed by atoms with van der Waals surface area (Å²) in [4.78, 5) is 0.00322. The van der Waals surface area contributed by atoms with E-state index >= 15 is 0 Å². The number of hydrogen-bond donors (Lipinski definition) is 1. The van der Waals surface area contributed by atoms with E-state index in [-0.39, 0.29) is 23.7 Å². The molecule has 1 atom stereocenters. The van der Waals surface area contributed by atoms with E-state index in [0.29, 0.717) is 15.9 Å². The largest absolute Gasteiger partial charge is 0.494 e. The molecule has 106 valence electrons. The lowest BCUT2D eigenvalue weighted by atomic mass is 10.3. The summed E-state index contributed by atoms with van der Waals surface area (Å²) in [5.41, 5.74) is 0. The smallest absolute Gasteiger partial charge is 0.246 e. The monoisotopic (exact) mass is 369 g/mol. The molecule has 1 fully saturated rings. The third-order valence-electron chi connectivity index (χ3n) is 2.92. The average molecular weight is 371 g/mol. The summed E-state index contributed by atoms with van der Waals surface area (Å²) < 4.78 is 31.9. The molecule has 1 aromatic carbocycles. The van der Waals surface area contributed by atoms with Crippen molar-refractivity contribution in [1.29, 1.82) is 0 Å². The van der Waals surface area contributed by atoms with E-state index in [2.05, 4.69) is 15.9 Å². The highest BCUT2D eigenvalue weighted by Gasteiger charge is 2.34. The Balaban J connectivity index is 2.51. The first kappa shape index (κ1) is 15.1. The van der Waals surface area contributed by atoms with E-state index < -0.39 is 16.1 Å². The molecule has 1 N–H and O–H groups in total. The van der Waals surface area contributed by atoms with Crippen LogP contribution in [-0.2, 0) is 10.0 Å². The molecular formula is C11H13BrClNO4S. The summed E-state index contributed by atoms with van der Waals surface area (Å²) in [7, 11) is -2.33. The van der Waals surface area contributed by atoms with Gasteiger partial charge in [0.25, 0.3) is 0 Å². The van der Waals surface area contributed by atoms with Crippen molar-refractivity contribution >= 4 is 37.6 Å². The van der Waals surface area contributed by atoms with Gasteiger partial charge in [0.1, 0.15) is 4.90 Å². The maximum absolute atomic E-state index is 12.5. The molecule has 0 bridgehead atoms. The predicted octanol–water partition coefficient (Wildman–Crippen LogP) is 1.87. The zero-order valence-electron chi connectivity index (χ0n) is 10.1. The zero-order valence-corrected chi connectivity index (χ0v) is 13.3. The van der Waals surface area contributed by atoms with Crippen LogP contribution in [0.4, 0.5) is 0 Å². The summed E-state index contributed by atoms with van der Waals surface area (Å²) in [6.45, 7) is 0.381. The van der Waals surface area contributed by atoms with Crippen molar-refractivity contribution in [1.82, 2.24) is 4.31 Å². The first-order valence-electron chi connectivity index (χ1n) is 5.57. The van der Waals surface area contributed by atoms with Crippen molar-refractivity contribution in [2.45, 2.75) is 17.4 Å². The molecule has 1 unspecified atom stereocenters. The number of aliphatic hydroxyl groups excluding tert-OH is 1. The molecular weight excluding hydrogens is 358 g/mol. The molecule has 5 nitrogen and oxygen atoms in total. The third-order valence-corrected chi connectivity index (χ3v) is 5.60. The van der Waals surface area contributed by atoms with Gasteiger partial charge >= 0.3 is 0 Å². The summed E-state index contributed by atoms with van der Waals surface area (Å²) >= 11 is 9.13. The number of aliphatic hydroxyl groups is 1. The van der Waals surface area contributed by atoms with Crippen LogP contribution < -0.4 is 4.74 Å². The van der Waals surface area contributed by atoms with Gasteiger partial charge in [-0.05, 0) is 34.5 Å². The summed E-state index contributed by atoms with van der Waals surface area (Å²) in [5, 5.41) is 9.77. The highest BCUT2D eigenvalue weighted by atomic mass is 79.9. The number of rotatable bonds is 3. The fourth-order valence-corrected chi connectivity index (χ4v) is 4.86. The van der Waals surface area contributed by atoms with Gasteiger partial charge in [0.05, 0.1) is 17.7 Å². The first-order valence-corrected chi connectivity index (χ1v) is 8.18. The van der Waals surface area contributed by atoms with Gasteiger partial charge < -0.3 is 9.84 Å². The molecule has 0 aromatic heterocycles. The number of hydrogen-bond acceptors (Lipinski definition) is 4. The Kier molecular flexibility index (Phi) is 4.42. The molecule has 1 aromatic rings. The highest BCUT2D eigenvalue weighted by molar-refractivity contribution is 9.10. The minimum atomic E-state index is -3.73. The van der Waals surface area contributed by atoms with Crippen LogP contribution in [0.5, 0.6) is 5.75 Å². The van der Waals surface area contributed by atoms with Crippen molar-refractivity contribution < 1.29 is 18.3 Å². The quantitative estimate of drug-likeness (QED) is 0.882. The lowest BCUT2D eigenvalue weighted by molar-refractivity contribution is 0.189. The molecule has 0 aliphatic carbocycles. The van der Waals surface area contributed by atoms with Gasteiger partial charge in [-0.2, -0.15) is 4.31 Å². The number of sulfonamides is 1. The van der Waals surface area contributed by atoms with Gasteiger partial charge in [0, 0.05) is 18.1 Å². The Morgan fingerprint density at radius 2 is 2.21 bits per heavy atom. The molecule has 1 saturated heterocycles. The first-order chi connectivity index (χ1) is 8.86. The molecule has 0 amide bonds. The summed E-state index contributed by atoms with van der Waals surface area (Å²) in [6, 6.07) is 2.92. The number of halogens is 2.